The maximum atomic E-state index is 12.4. The third kappa shape index (κ3) is 4.61. The van der Waals surface area contributed by atoms with E-state index in [0.29, 0.717) is 11.7 Å². The third-order valence-electron chi connectivity index (χ3n) is 4.33. The molecule has 1 aromatic carbocycles. The predicted molar refractivity (Wildman–Crippen MR) is 102 cm³/mol. The Labute approximate surface area is 159 Å². The molecule has 24 heavy (non-hydrogen) atoms. The summed E-state index contributed by atoms with van der Waals surface area (Å²) >= 11 is 6.85. The SMILES string of the molecule is COc1c(Br)cc(/C=C(\C#N)C(=O)N[C@@H]2CCCC[C@@H]2C)cc1Br. The Morgan fingerprint density at radius 2 is 1.96 bits per heavy atom. The predicted octanol–water partition coefficient (Wildman–Crippen LogP) is 4.82. The van der Waals surface area contributed by atoms with E-state index in [1.807, 2.05) is 18.2 Å². The molecular weight excluding hydrogens is 436 g/mol. The van der Waals surface area contributed by atoms with Gasteiger partial charge in [0.15, 0.2) is 0 Å². The number of halogens is 2. The first-order valence-corrected chi connectivity index (χ1v) is 9.50. The van der Waals surface area contributed by atoms with E-state index in [9.17, 15) is 10.1 Å². The van der Waals surface area contributed by atoms with Crippen LogP contribution in [0.25, 0.3) is 6.08 Å². The van der Waals surface area contributed by atoms with Crippen molar-refractivity contribution in [1.29, 1.82) is 5.26 Å². The highest BCUT2D eigenvalue weighted by molar-refractivity contribution is 9.11. The quantitative estimate of drug-likeness (QED) is 0.522. The summed E-state index contributed by atoms with van der Waals surface area (Å²) in [7, 11) is 1.58. The summed E-state index contributed by atoms with van der Waals surface area (Å²) in [5, 5.41) is 12.4. The summed E-state index contributed by atoms with van der Waals surface area (Å²) in [5.41, 5.74) is 0.856. The van der Waals surface area contributed by atoms with Crippen LogP contribution in [-0.4, -0.2) is 19.1 Å². The number of nitrogens with one attached hydrogen (secondary N) is 1. The molecule has 0 spiro atoms. The number of methoxy groups -OCH3 is 1. The van der Waals surface area contributed by atoms with Crippen LogP contribution in [0.2, 0.25) is 0 Å². The Hall–Kier alpha value is -1.32. The Morgan fingerprint density at radius 1 is 1.33 bits per heavy atom. The first-order chi connectivity index (χ1) is 11.5. The van der Waals surface area contributed by atoms with Gasteiger partial charge in [0.1, 0.15) is 17.4 Å². The molecule has 0 saturated heterocycles. The second-order valence-electron chi connectivity index (χ2n) is 6.03. The molecule has 1 aliphatic carbocycles. The van der Waals surface area contributed by atoms with Gasteiger partial charge < -0.3 is 10.1 Å². The van der Waals surface area contributed by atoms with Crippen molar-refractivity contribution in [3.8, 4) is 11.8 Å². The molecule has 1 N–H and O–H groups in total. The summed E-state index contributed by atoms with van der Waals surface area (Å²) in [6, 6.07) is 5.79. The number of nitriles is 1. The van der Waals surface area contributed by atoms with E-state index in [1.54, 1.807) is 13.2 Å². The van der Waals surface area contributed by atoms with Crippen molar-refractivity contribution in [1.82, 2.24) is 5.32 Å². The normalized spacial score (nSPS) is 21.0. The zero-order valence-corrected chi connectivity index (χ0v) is 16.9. The lowest BCUT2D eigenvalue weighted by Gasteiger charge is -2.29. The molecule has 1 saturated carbocycles. The monoisotopic (exact) mass is 454 g/mol. The maximum absolute atomic E-state index is 12.4. The minimum absolute atomic E-state index is 0.108. The molecular formula is C18H20Br2N2O2. The van der Waals surface area contributed by atoms with Crippen LogP contribution in [0.3, 0.4) is 0 Å². The first-order valence-electron chi connectivity index (χ1n) is 7.92. The van der Waals surface area contributed by atoms with Crippen LogP contribution < -0.4 is 10.1 Å². The van der Waals surface area contributed by atoms with Gasteiger partial charge in [0.2, 0.25) is 0 Å². The molecule has 0 heterocycles. The second kappa shape index (κ2) is 8.68. The standard InChI is InChI=1S/C18H20Br2N2O2/c1-11-5-3-4-6-16(11)22-18(23)13(10-21)7-12-8-14(19)17(24-2)15(20)9-12/h7-9,11,16H,3-6H2,1-2H3,(H,22,23)/b13-7+/t11-,16+/m0/s1. The summed E-state index contributed by atoms with van der Waals surface area (Å²) in [4.78, 5) is 12.4. The van der Waals surface area contributed by atoms with E-state index in [4.69, 9.17) is 4.74 Å². The molecule has 0 unspecified atom stereocenters. The zero-order valence-electron chi connectivity index (χ0n) is 13.7. The van der Waals surface area contributed by atoms with Gasteiger partial charge >= 0.3 is 0 Å². The topological polar surface area (TPSA) is 62.1 Å². The number of nitrogens with zero attached hydrogens (tertiary/aromatic N) is 1. The summed E-state index contributed by atoms with van der Waals surface area (Å²) in [6.07, 6.45) is 6.03. The van der Waals surface area contributed by atoms with Crippen LogP contribution in [0.1, 0.15) is 38.2 Å². The van der Waals surface area contributed by atoms with Crippen LogP contribution in [0.4, 0.5) is 0 Å². The van der Waals surface area contributed by atoms with Gasteiger partial charge in [0.05, 0.1) is 16.1 Å². The zero-order chi connectivity index (χ0) is 17.7. The minimum Gasteiger partial charge on any atom is -0.494 e. The van der Waals surface area contributed by atoms with Gasteiger partial charge in [-0.15, -0.1) is 0 Å². The van der Waals surface area contributed by atoms with Gasteiger partial charge in [0, 0.05) is 6.04 Å². The van der Waals surface area contributed by atoms with Crippen LogP contribution in [0.5, 0.6) is 5.75 Å². The summed E-state index contributed by atoms with van der Waals surface area (Å²) in [6.45, 7) is 2.15. The van der Waals surface area contributed by atoms with Crippen LogP contribution in [0.15, 0.2) is 26.7 Å². The maximum Gasteiger partial charge on any atom is 0.262 e. The van der Waals surface area contributed by atoms with Crippen molar-refractivity contribution in [2.75, 3.05) is 7.11 Å². The number of carbonyl (C=O) groups excluding carboxylic acids is 1. The van der Waals surface area contributed by atoms with Crippen molar-refractivity contribution in [3.05, 3.63) is 32.2 Å². The summed E-state index contributed by atoms with van der Waals surface area (Å²) in [5.74, 6) is 0.817. The molecule has 0 aliphatic heterocycles. The molecule has 1 amide bonds. The van der Waals surface area contributed by atoms with Crippen LogP contribution in [0, 0.1) is 17.2 Å². The number of ether oxygens (including phenoxy) is 1. The van der Waals surface area contributed by atoms with Crippen molar-refractivity contribution < 1.29 is 9.53 Å². The number of carbonyl (C=O) groups is 1. The largest absolute Gasteiger partial charge is 0.494 e. The molecule has 1 aliphatic rings. The Bertz CT molecular complexity index is 672. The van der Waals surface area contributed by atoms with E-state index < -0.39 is 0 Å². The first kappa shape index (κ1) is 19.0. The number of rotatable bonds is 4. The fraction of sp³-hybridized carbons (Fsp3) is 0.444. The fourth-order valence-corrected chi connectivity index (χ4v) is 4.50. The van der Waals surface area contributed by atoms with E-state index in [0.717, 1.165) is 33.8 Å². The molecule has 4 nitrogen and oxygen atoms in total. The number of hydrogen-bond acceptors (Lipinski definition) is 3. The fourth-order valence-electron chi connectivity index (χ4n) is 2.95. The highest BCUT2D eigenvalue weighted by Crippen LogP contribution is 2.35. The average molecular weight is 456 g/mol. The molecule has 2 rings (SSSR count). The average Bonchev–Trinajstić information content (AvgIpc) is 2.54. The van der Waals surface area contributed by atoms with Crippen molar-refractivity contribution in [2.45, 2.75) is 38.6 Å². The lowest BCUT2D eigenvalue weighted by Crippen LogP contribution is -2.41. The van der Waals surface area contributed by atoms with E-state index in [-0.39, 0.29) is 17.5 Å². The second-order valence-corrected chi connectivity index (χ2v) is 7.74. The third-order valence-corrected chi connectivity index (χ3v) is 5.51. The minimum atomic E-state index is -0.306. The van der Waals surface area contributed by atoms with Gasteiger partial charge in [-0.25, -0.2) is 0 Å². The van der Waals surface area contributed by atoms with E-state index in [1.165, 1.54) is 6.42 Å². The van der Waals surface area contributed by atoms with Gasteiger partial charge in [-0.05, 0) is 74.4 Å². The molecule has 0 radical (unpaired) electrons. The number of amides is 1. The van der Waals surface area contributed by atoms with E-state index in [2.05, 4.69) is 44.1 Å². The molecule has 128 valence electrons. The van der Waals surface area contributed by atoms with Crippen LogP contribution in [-0.2, 0) is 4.79 Å². The van der Waals surface area contributed by atoms with Gasteiger partial charge in [-0.1, -0.05) is 19.8 Å². The van der Waals surface area contributed by atoms with Crippen molar-refractivity contribution >= 4 is 43.8 Å². The summed E-state index contributed by atoms with van der Waals surface area (Å²) < 4.78 is 6.77. The Balaban J connectivity index is 2.19. The van der Waals surface area contributed by atoms with Gasteiger partial charge in [-0.3, -0.25) is 4.79 Å². The smallest absolute Gasteiger partial charge is 0.262 e. The Kier molecular flexibility index (Phi) is 6.88. The van der Waals surface area contributed by atoms with E-state index >= 15 is 0 Å². The lowest BCUT2D eigenvalue weighted by atomic mass is 9.86. The number of benzene rings is 1. The van der Waals surface area contributed by atoms with Crippen LogP contribution >= 0.6 is 31.9 Å². The van der Waals surface area contributed by atoms with Crippen molar-refractivity contribution in [2.24, 2.45) is 5.92 Å². The molecule has 6 heteroatoms. The molecule has 1 aromatic rings. The molecule has 0 bridgehead atoms. The molecule has 0 aromatic heterocycles. The van der Waals surface area contributed by atoms with Crippen molar-refractivity contribution in [3.63, 3.8) is 0 Å². The highest BCUT2D eigenvalue weighted by atomic mass is 79.9. The number of hydrogen-bond donors (Lipinski definition) is 1. The Morgan fingerprint density at radius 3 is 2.50 bits per heavy atom. The lowest BCUT2D eigenvalue weighted by molar-refractivity contribution is -0.118. The molecule has 1 fully saturated rings. The van der Waals surface area contributed by atoms with Gasteiger partial charge in [-0.2, -0.15) is 5.26 Å². The highest BCUT2D eigenvalue weighted by Gasteiger charge is 2.24. The van der Waals surface area contributed by atoms with Gasteiger partial charge in [0.25, 0.3) is 5.91 Å². The molecule has 2 atom stereocenters.